The van der Waals surface area contributed by atoms with Gasteiger partial charge in [-0.2, -0.15) is 0 Å². The van der Waals surface area contributed by atoms with E-state index < -0.39 is 0 Å². The molecule has 0 saturated carbocycles. The van der Waals surface area contributed by atoms with Crippen LogP contribution in [0.5, 0.6) is 0 Å². The number of aromatic nitrogens is 3. The van der Waals surface area contributed by atoms with Gasteiger partial charge in [0.1, 0.15) is 10.5 Å². The van der Waals surface area contributed by atoms with Gasteiger partial charge in [0.15, 0.2) is 0 Å². The van der Waals surface area contributed by atoms with Crippen LogP contribution in [0.25, 0.3) is 0 Å². The lowest BCUT2D eigenvalue weighted by atomic mass is 9.93. The van der Waals surface area contributed by atoms with Crippen LogP contribution in [0, 0.1) is 0 Å². The van der Waals surface area contributed by atoms with Crippen LogP contribution >= 0.6 is 22.7 Å². The van der Waals surface area contributed by atoms with E-state index in [1.165, 1.54) is 11.3 Å². The van der Waals surface area contributed by atoms with Crippen molar-refractivity contribution in [1.82, 2.24) is 20.5 Å². The quantitative estimate of drug-likeness (QED) is 0.912. The molecule has 2 amide bonds. The van der Waals surface area contributed by atoms with E-state index in [1.807, 2.05) is 12.3 Å². The fourth-order valence-corrected chi connectivity index (χ4v) is 2.94. The van der Waals surface area contributed by atoms with Crippen LogP contribution in [0.2, 0.25) is 0 Å². The topological polar surface area (TPSA) is 79.8 Å². The van der Waals surface area contributed by atoms with E-state index in [2.05, 4.69) is 46.6 Å². The number of carbonyl (C=O) groups excluding carboxylic acids is 1. The van der Waals surface area contributed by atoms with Gasteiger partial charge in [-0.1, -0.05) is 32.1 Å². The first-order valence-corrected chi connectivity index (χ1v) is 7.92. The summed E-state index contributed by atoms with van der Waals surface area (Å²) in [6.45, 7) is 8.26. The number of urea groups is 1. The molecule has 1 atom stereocenters. The molecule has 2 aromatic heterocycles. The Balaban J connectivity index is 1.96. The SMILES string of the molecule is C[C@@H](NC(=O)Nc1nncs1)c1nc(C(C)(C)C)cs1. The van der Waals surface area contributed by atoms with Gasteiger partial charge in [-0.15, -0.1) is 21.5 Å². The van der Waals surface area contributed by atoms with Crippen molar-refractivity contribution >= 4 is 33.8 Å². The molecule has 6 nitrogen and oxygen atoms in total. The van der Waals surface area contributed by atoms with Gasteiger partial charge in [0.2, 0.25) is 5.13 Å². The summed E-state index contributed by atoms with van der Waals surface area (Å²) in [4.78, 5) is 16.4. The molecule has 20 heavy (non-hydrogen) atoms. The van der Waals surface area contributed by atoms with Crippen molar-refractivity contribution in [3.05, 3.63) is 21.6 Å². The molecule has 2 rings (SSSR count). The van der Waals surface area contributed by atoms with Gasteiger partial charge in [-0.3, -0.25) is 5.32 Å². The molecule has 0 unspecified atom stereocenters. The van der Waals surface area contributed by atoms with Crippen LogP contribution in [-0.4, -0.2) is 21.2 Å². The number of amides is 2. The molecule has 0 aliphatic carbocycles. The fraction of sp³-hybridized carbons (Fsp3) is 0.500. The second-order valence-electron chi connectivity index (χ2n) is 5.39. The summed E-state index contributed by atoms with van der Waals surface area (Å²) in [5, 5.41) is 16.3. The Morgan fingerprint density at radius 1 is 1.35 bits per heavy atom. The standard InChI is InChI=1S/C12H17N5OS2/c1-7(9-15-8(5-19-9)12(2,3)4)14-10(18)16-11-17-13-6-20-11/h5-7H,1-4H3,(H2,14,16,17,18)/t7-/m1/s1. The number of carbonyl (C=O) groups is 1. The third-order valence-corrected chi connectivity index (χ3v) is 4.22. The average Bonchev–Trinajstić information content (AvgIpc) is 2.97. The van der Waals surface area contributed by atoms with Gasteiger partial charge < -0.3 is 5.32 Å². The first-order chi connectivity index (χ1) is 9.36. The summed E-state index contributed by atoms with van der Waals surface area (Å²) in [5.74, 6) is 0. The summed E-state index contributed by atoms with van der Waals surface area (Å²) in [5.41, 5.74) is 2.62. The van der Waals surface area contributed by atoms with E-state index in [1.54, 1.807) is 16.8 Å². The van der Waals surface area contributed by atoms with E-state index in [-0.39, 0.29) is 17.5 Å². The molecule has 108 valence electrons. The monoisotopic (exact) mass is 311 g/mol. The summed E-state index contributed by atoms with van der Waals surface area (Å²) in [7, 11) is 0. The molecular formula is C12H17N5OS2. The molecule has 0 radical (unpaired) electrons. The summed E-state index contributed by atoms with van der Waals surface area (Å²) in [6.07, 6.45) is 0. The van der Waals surface area contributed by atoms with Crippen molar-refractivity contribution in [2.45, 2.75) is 39.2 Å². The number of anilines is 1. The Labute approximate surface area is 125 Å². The second-order valence-corrected chi connectivity index (χ2v) is 7.11. The molecule has 0 aromatic carbocycles. The van der Waals surface area contributed by atoms with Crippen LogP contribution in [0.3, 0.4) is 0 Å². The highest BCUT2D eigenvalue weighted by Crippen LogP contribution is 2.26. The van der Waals surface area contributed by atoms with E-state index in [0.29, 0.717) is 5.13 Å². The van der Waals surface area contributed by atoms with Crippen molar-refractivity contribution in [2.75, 3.05) is 5.32 Å². The van der Waals surface area contributed by atoms with Gasteiger partial charge in [-0.25, -0.2) is 9.78 Å². The molecular weight excluding hydrogens is 294 g/mol. The molecule has 2 aromatic rings. The lowest BCUT2D eigenvalue weighted by molar-refractivity contribution is 0.249. The molecule has 0 bridgehead atoms. The van der Waals surface area contributed by atoms with Crippen molar-refractivity contribution in [3.8, 4) is 0 Å². The van der Waals surface area contributed by atoms with Gasteiger partial charge >= 0.3 is 6.03 Å². The predicted molar refractivity (Wildman–Crippen MR) is 81.3 cm³/mol. The Hall–Kier alpha value is -1.54. The van der Waals surface area contributed by atoms with E-state index in [0.717, 1.165) is 10.7 Å². The lowest BCUT2D eigenvalue weighted by Gasteiger charge is -2.15. The third-order valence-electron chi connectivity index (χ3n) is 2.59. The van der Waals surface area contributed by atoms with E-state index >= 15 is 0 Å². The smallest absolute Gasteiger partial charge is 0.321 e. The minimum Gasteiger partial charge on any atom is -0.329 e. The van der Waals surface area contributed by atoms with Crippen LogP contribution < -0.4 is 10.6 Å². The minimum atomic E-state index is -0.304. The number of rotatable bonds is 3. The Morgan fingerprint density at radius 3 is 2.65 bits per heavy atom. The summed E-state index contributed by atoms with van der Waals surface area (Å²) < 4.78 is 0. The zero-order valence-corrected chi connectivity index (χ0v) is 13.4. The summed E-state index contributed by atoms with van der Waals surface area (Å²) >= 11 is 2.83. The molecule has 0 fully saturated rings. The second kappa shape index (κ2) is 5.84. The highest BCUT2D eigenvalue weighted by atomic mass is 32.1. The molecule has 0 aliphatic heterocycles. The number of nitrogens with zero attached hydrogens (tertiary/aromatic N) is 3. The Kier molecular flexibility index (Phi) is 4.34. The van der Waals surface area contributed by atoms with Crippen molar-refractivity contribution in [2.24, 2.45) is 0 Å². The molecule has 8 heteroatoms. The van der Waals surface area contributed by atoms with Gasteiger partial charge in [0, 0.05) is 10.8 Å². The highest BCUT2D eigenvalue weighted by Gasteiger charge is 2.20. The minimum absolute atomic E-state index is 0.0171. The maximum Gasteiger partial charge on any atom is 0.321 e. The maximum atomic E-state index is 11.8. The van der Waals surface area contributed by atoms with E-state index in [9.17, 15) is 4.79 Å². The maximum absolute atomic E-state index is 11.8. The molecule has 0 aliphatic rings. The van der Waals surface area contributed by atoms with Crippen LogP contribution in [0.1, 0.15) is 44.4 Å². The molecule has 2 heterocycles. The average molecular weight is 311 g/mol. The normalized spacial score (nSPS) is 13.0. The number of hydrogen-bond donors (Lipinski definition) is 2. The van der Waals surface area contributed by atoms with Gasteiger partial charge in [-0.05, 0) is 6.92 Å². The van der Waals surface area contributed by atoms with Gasteiger partial charge in [0.25, 0.3) is 0 Å². The predicted octanol–water partition coefficient (Wildman–Crippen LogP) is 3.17. The van der Waals surface area contributed by atoms with Crippen LogP contribution in [0.4, 0.5) is 9.93 Å². The molecule has 0 spiro atoms. The van der Waals surface area contributed by atoms with Crippen molar-refractivity contribution in [1.29, 1.82) is 0 Å². The first-order valence-electron chi connectivity index (χ1n) is 6.16. The number of hydrogen-bond acceptors (Lipinski definition) is 6. The summed E-state index contributed by atoms with van der Waals surface area (Å²) in [6, 6.07) is -0.453. The first kappa shape index (κ1) is 14.9. The lowest BCUT2D eigenvalue weighted by Crippen LogP contribution is -2.31. The fourth-order valence-electron chi connectivity index (χ4n) is 1.45. The zero-order valence-electron chi connectivity index (χ0n) is 11.8. The Morgan fingerprint density at radius 2 is 2.10 bits per heavy atom. The number of thiazole rings is 1. The van der Waals surface area contributed by atoms with Gasteiger partial charge in [0.05, 0.1) is 11.7 Å². The Bertz CT molecular complexity index is 573. The van der Waals surface area contributed by atoms with Crippen LogP contribution in [0.15, 0.2) is 10.9 Å². The van der Waals surface area contributed by atoms with Crippen LogP contribution in [-0.2, 0) is 5.41 Å². The zero-order chi connectivity index (χ0) is 14.8. The van der Waals surface area contributed by atoms with Crippen molar-refractivity contribution < 1.29 is 4.79 Å². The highest BCUT2D eigenvalue weighted by molar-refractivity contribution is 7.13. The van der Waals surface area contributed by atoms with Crippen molar-refractivity contribution in [3.63, 3.8) is 0 Å². The molecule has 0 saturated heterocycles. The molecule has 2 N–H and O–H groups in total. The van der Waals surface area contributed by atoms with E-state index in [4.69, 9.17) is 0 Å². The largest absolute Gasteiger partial charge is 0.329 e. The third kappa shape index (κ3) is 3.73. The number of nitrogens with one attached hydrogen (secondary N) is 2.